The van der Waals surface area contributed by atoms with Gasteiger partial charge in [0.15, 0.2) is 0 Å². The molecule has 0 saturated heterocycles. The fraction of sp³-hybridized carbons (Fsp3) is 0.0476. The molecule has 1 radical (unpaired) electrons. The number of aryl methyl sites for hydroxylation is 2. The number of nitrogens with zero attached hydrogens (tertiary/aromatic N) is 2. The first kappa shape index (κ1) is 24.8. The van der Waals surface area contributed by atoms with E-state index < -0.39 is 13.7 Å². The minimum Gasteiger partial charge on any atom is -0.503 e. The van der Waals surface area contributed by atoms with E-state index in [2.05, 4.69) is 29.2 Å². The molecule has 4 nitrogen and oxygen atoms in total. The summed E-state index contributed by atoms with van der Waals surface area (Å²) >= 11 is 0. The van der Waals surface area contributed by atoms with Crippen LogP contribution in [0.1, 0.15) is 19.4 Å². The molecule has 2 aliphatic heterocycles. The van der Waals surface area contributed by atoms with Crippen molar-refractivity contribution in [2.75, 3.05) is 0 Å². The summed E-state index contributed by atoms with van der Waals surface area (Å²) in [5.74, 6) is 2.82. The maximum absolute atomic E-state index is 8.24. The molecule has 0 spiro atoms. The van der Waals surface area contributed by atoms with Crippen molar-refractivity contribution < 1.29 is 37.8 Å². The third kappa shape index (κ3) is 5.86. The van der Waals surface area contributed by atoms with Crippen molar-refractivity contribution in [3.63, 3.8) is 0 Å². The van der Waals surface area contributed by atoms with Gasteiger partial charge in [-0.2, -0.15) is 0 Å². The molecule has 0 unspecified atom stereocenters. The Morgan fingerprint density at radius 2 is 1.40 bits per heavy atom. The fourth-order valence-electron chi connectivity index (χ4n) is 6.06. The number of fused-ring (bicyclic) bond motifs is 4. The second kappa shape index (κ2) is 13.4. The minimum absolute atomic E-state index is 0. The third-order valence-electron chi connectivity index (χ3n) is 8.26. The molecule has 4 heterocycles. The molecule has 0 saturated carbocycles. The van der Waals surface area contributed by atoms with Crippen molar-refractivity contribution in [3.8, 4) is 56.6 Å². The van der Waals surface area contributed by atoms with Crippen molar-refractivity contribution >= 4 is 23.1 Å². The molecule has 6 heteroatoms. The van der Waals surface area contributed by atoms with E-state index in [1.165, 1.54) is 6.20 Å². The molecule has 0 fully saturated rings. The molecular formula is C42H29BIrN2O2-2. The quantitative estimate of drug-likeness (QED) is 0.134. The van der Waals surface area contributed by atoms with E-state index in [1.54, 1.807) is 36.5 Å². The number of pyridine rings is 2. The summed E-state index contributed by atoms with van der Waals surface area (Å²) in [5.41, 5.74) is 7.56. The molecule has 0 aliphatic carbocycles. The molecule has 2 aliphatic rings. The smallest absolute Gasteiger partial charge is 0.239 e. The van der Waals surface area contributed by atoms with Crippen LogP contribution in [-0.2, 0) is 20.1 Å². The summed E-state index contributed by atoms with van der Waals surface area (Å²) in [6, 6.07) is 46.0. The number of hydrogen-bond donors (Lipinski definition) is 0. The first-order chi connectivity index (χ1) is 25.6. The van der Waals surface area contributed by atoms with Gasteiger partial charge in [0.2, 0.25) is 6.71 Å². The average molecular weight is 803 g/mol. The van der Waals surface area contributed by atoms with Crippen LogP contribution in [0.4, 0.5) is 0 Å². The second-order valence-electron chi connectivity index (χ2n) is 11.2. The molecule has 5 aromatic carbocycles. The summed E-state index contributed by atoms with van der Waals surface area (Å²) < 4.78 is 59.1. The predicted octanol–water partition coefficient (Wildman–Crippen LogP) is 8.11. The van der Waals surface area contributed by atoms with Crippen molar-refractivity contribution in [2.45, 2.75) is 13.7 Å². The van der Waals surface area contributed by atoms with Gasteiger partial charge >= 0.3 is 0 Å². The van der Waals surface area contributed by atoms with Crippen LogP contribution in [0, 0.1) is 25.8 Å². The second-order valence-corrected chi connectivity index (χ2v) is 11.2. The summed E-state index contributed by atoms with van der Waals surface area (Å²) in [5, 5.41) is 0. The normalized spacial score (nSPS) is 14.0. The molecule has 9 rings (SSSR count). The molecular weight excluding hydrogens is 768 g/mol. The Labute approximate surface area is 303 Å². The van der Waals surface area contributed by atoms with Crippen LogP contribution in [0.3, 0.4) is 0 Å². The first-order valence-electron chi connectivity index (χ1n) is 18.2. The van der Waals surface area contributed by atoms with E-state index in [1.807, 2.05) is 84.9 Å². The molecule has 0 N–H and O–H groups in total. The average Bonchev–Trinajstić information content (AvgIpc) is 3.18. The van der Waals surface area contributed by atoms with Crippen molar-refractivity contribution in [1.29, 1.82) is 0 Å². The Kier molecular flexibility index (Phi) is 6.95. The zero-order valence-corrected chi connectivity index (χ0v) is 27.8. The van der Waals surface area contributed by atoms with Crippen LogP contribution >= 0.6 is 0 Å². The Morgan fingerprint density at radius 3 is 2.10 bits per heavy atom. The molecule has 0 amide bonds. The number of rotatable bonds is 3. The van der Waals surface area contributed by atoms with Crippen molar-refractivity contribution in [2.24, 2.45) is 0 Å². The maximum atomic E-state index is 8.24. The van der Waals surface area contributed by atoms with Gasteiger partial charge in [0.05, 0.1) is 0 Å². The van der Waals surface area contributed by atoms with Crippen LogP contribution in [0.15, 0.2) is 140 Å². The van der Waals surface area contributed by atoms with E-state index in [0.29, 0.717) is 28.3 Å². The summed E-state index contributed by atoms with van der Waals surface area (Å²) in [7, 11) is 0. The Morgan fingerprint density at radius 1 is 0.667 bits per heavy atom. The van der Waals surface area contributed by atoms with Crippen molar-refractivity contribution in [1.82, 2.24) is 9.97 Å². The van der Waals surface area contributed by atoms with Crippen LogP contribution in [0.25, 0.3) is 33.6 Å². The van der Waals surface area contributed by atoms with Gasteiger partial charge in [0.1, 0.15) is 11.5 Å². The number of aromatic nitrogens is 2. The topological polar surface area (TPSA) is 44.2 Å². The van der Waals surface area contributed by atoms with E-state index in [-0.39, 0.29) is 37.9 Å². The Balaban J connectivity index is 0.000000223. The molecule has 7 aromatic rings. The number of para-hydroxylation sites is 2. The van der Waals surface area contributed by atoms with E-state index in [4.69, 9.17) is 22.7 Å². The molecule has 48 heavy (non-hydrogen) atoms. The SMILES string of the molecule is [2H]C([2H])([2H])c1cc(-c2[c-]cc3c4c2Oc2ccccc2B4c2ccccc2O3)ncc1-c1ccccc1.[2H]C([2H])([2H])c1ccc(-c2[c-]cccc2)nc1.[Ir]. The van der Waals surface area contributed by atoms with Crippen LogP contribution in [-0.4, -0.2) is 16.7 Å². The largest absolute Gasteiger partial charge is 0.503 e. The minimum atomic E-state index is -2.33. The molecule has 2 aromatic heterocycles. The summed E-state index contributed by atoms with van der Waals surface area (Å²) in [6.07, 6.45) is 3.02. The number of hydrogen-bond acceptors (Lipinski definition) is 4. The Hall–Kier alpha value is -5.29. The van der Waals surface area contributed by atoms with Gasteiger partial charge in [-0.25, -0.2) is 0 Å². The monoisotopic (exact) mass is 803 g/mol. The van der Waals surface area contributed by atoms with E-state index in [0.717, 1.165) is 44.7 Å². The third-order valence-corrected chi connectivity index (χ3v) is 8.26. The van der Waals surface area contributed by atoms with Gasteiger partial charge in [-0.3, -0.25) is 0 Å². The van der Waals surface area contributed by atoms with Gasteiger partial charge in [-0.05, 0) is 64.8 Å². The van der Waals surface area contributed by atoms with Crippen LogP contribution in [0.2, 0.25) is 0 Å². The zero-order valence-electron chi connectivity index (χ0n) is 31.4. The van der Waals surface area contributed by atoms with Crippen molar-refractivity contribution in [3.05, 3.63) is 163 Å². The fourth-order valence-corrected chi connectivity index (χ4v) is 6.06. The van der Waals surface area contributed by atoms with E-state index >= 15 is 0 Å². The van der Waals surface area contributed by atoms with E-state index in [9.17, 15) is 0 Å². The number of ether oxygens (including phenoxy) is 2. The maximum Gasteiger partial charge on any atom is 0.239 e. The van der Waals surface area contributed by atoms with Crippen LogP contribution < -0.4 is 25.9 Å². The molecule has 0 bridgehead atoms. The summed E-state index contributed by atoms with van der Waals surface area (Å²) in [6.45, 7) is -4.50. The Bertz CT molecular complexity index is 2430. The predicted molar refractivity (Wildman–Crippen MR) is 190 cm³/mol. The van der Waals surface area contributed by atoms with Gasteiger partial charge in [-0.15, -0.1) is 48.0 Å². The van der Waals surface area contributed by atoms with Crippen LogP contribution in [0.5, 0.6) is 23.0 Å². The first-order valence-corrected chi connectivity index (χ1v) is 15.2. The van der Waals surface area contributed by atoms with Gasteiger partial charge in [-0.1, -0.05) is 96.0 Å². The molecule has 0 atom stereocenters. The van der Waals surface area contributed by atoms with Gasteiger partial charge in [0, 0.05) is 57.8 Å². The summed E-state index contributed by atoms with van der Waals surface area (Å²) in [4.78, 5) is 8.83. The standard InChI is InChI=1S/C30H19BNO2.C12H10N.Ir/c1-19-17-25(32-18-22(19)20-9-3-2-4-10-20)21-15-16-28-29-30(21)34-27-14-8-6-12-24(27)31(29)23-11-5-7-13-26(23)33-28;1-10-7-8-12(13-9-10)11-5-3-2-4-6-11;/h2-14,16-18H,1H3;2-5,7-9H,1H3;/q2*-1;/i2*1D3;. The van der Waals surface area contributed by atoms with Gasteiger partial charge < -0.3 is 19.4 Å². The zero-order chi connectivity index (χ0) is 36.7. The molecule has 233 valence electrons. The van der Waals surface area contributed by atoms with Gasteiger partial charge in [0.25, 0.3) is 0 Å². The number of benzene rings is 5.